The molecule has 0 N–H and O–H groups in total. The molecule has 2 nitrogen and oxygen atoms in total. The van der Waals surface area contributed by atoms with E-state index in [1.807, 2.05) is 0 Å². The summed E-state index contributed by atoms with van der Waals surface area (Å²) in [5.41, 5.74) is 3.16. The number of fused-ring (bicyclic) bond motifs is 2. The minimum atomic E-state index is 0.560. The van der Waals surface area contributed by atoms with Crippen molar-refractivity contribution in [1.29, 1.82) is 0 Å². The molecular weight excluding hydrogens is 368 g/mol. The second-order valence-electron chi connectivity index (χ2n) is 10.4. The first-order chi connectivity index (χ1) is 14.8. The highest BCUT2D eigenvalue weighted by Gasteiger charge is 2.38. The van der Waals surface area contributed by atoms with E-state index in [1.54, 1.807) is 11.1 Å². The van der Waals surface area contributed by atoms with Gasteiger partial charge in [-0.05, 0) is 118 Å². The Morgan fingerprint density at radius 1 is 0.767 bits per heavy atom. The van der Waals surface area contributed by atoms with Crippen LogP contribution in [0.25, 0.3) is 0 Å². The molecule has 1 aromatic rings. The lowest BCUT2D eigenvalue weighted by molar-refractivity contribution is -0.0247. The summed E-state index contributed by atoms with van der Waals surface area (Å²) in [6, 6.07) is 6.92. The molecule has 1 aromatic carbocycles. The molecule has 30 heavy (non-hydrogen) atoms. The third kappa shape index (κ3) is 5.61. The smallest absolute Gasteiger partial charge is 0.119 e. The number of ether oxygens (including phenoxy) is 2. The molecule has 2 heteroatoms. The zero-order valence-corrected chi connectivity index (χ0v) is 19.5. The molecule has 2 fully saturated rings. The van der Waals surface area contributed by atoms with Crippen molar-refractivity contribution in [3.05, 3.63) is 29.3 Å². The predicted octanol–water partition coefficient (Wildman–Crippen LogP) is 7.37. The van der Waals surface area contributed by atoms with Gasteiger partial charge in [0.2, 0.25) is 0 Å². The quantitative estimate of drug-likeness (QED) is 0.394. The van der Waals surface area contributed by atoms with E-state index in [0.717, 1.165) is 49.1 Å². The van der Waals surface area contributed by atoms with Crippen LogP contribution >= 0.6 is 0 Å². The van der Waals surface area contributed by atoms with Gasteiger partial charge in [-0.1, -0.05) is 32.8 Å². The second-order valence-corrected chi connectivity index (χ2v) is 10.4. The van der Waals surface area contributed by atoms with Gasteiger partial charge >= 0.3 is 0 Å². The van der Waals surface area contributed by atoms with Gasteiger partial charge in [-0.15, -0.1) is 0 Å². The number of benzene rings is 1. The molecule has 0 aromatic heterocycles. The summed E-state index contributed by atoms with van der Waals surface area (Å²) in [6.07, 6.45) is 17.8. The zero-order valence-electron chi connectivity index (χ0n) is 19.5. The summed E-state index contributed by atoms with van der Waals surface area (Å²) in [5, 5.41) is 0. The maximum absolute atomic E-state index is 6.18. The highest BCUT2D eigenvalue weighted by Crippen LogP contribution is 2.47. The molecule has 2 saturated carbocycles. The highest BCUT2D eigenvalue weighted by atomic mass is 16.5. The summed E-state index contributed by atoms with van der Waals surface area (Å²) < 4.78 is 12.1. The van der Waals surface area contributed by atoms with Crippen LogP contribution in [0, 0.1) is 23.7 Å². The lowest BCUT2D eigenvalue weighted by atomic mass is 9.62. The molecule has 3 aliphatic carbocycles. The Balaban J connectivity index is 1.27. The van der Waals surface area contributed by atoms with E-state index in [1.165, 1.54) is 77.0 Å². The average Bonchev–Trinajstić information content (AvgIpc) is 2.78. The molecule has 3 aliphatic rings. The standard InChI is InChI=1S/C28H44O2/c1-3-5-15-29-27-13-11-23-17-21(7-9-25(23)19-27)22-8-10-26-20-28(30-16-6-4-2)14-12-24(26)18-22/h11,13,19,21-22,24,26,28H,3-10,12,14-18,20H2,1-2H3/t21?,22?,24-,26?,28-/m1/s1. The molecular formula is C28H44O2. The van der Waals surface area contributed by atoms with Crippen molar-refractivity contribution in [2.75, 3.05) is 13.2 Å². The zero-order chi connectivity index (χ0) is 20.8. The fourth-order valence-corrected chi connectivity index (χ4v) is 6.44. The van der Waals surface area contributed by atoms with E-state index >= 15 is 0 Å². The van der Waals surface area contributed by atoms with Crippen molar-refractivity contribution in [1.82, 2.24) is 0 Å². The van der Waals surface area contributed by atoms with E-state index in [0.29, 0.717) is 6.10 Å². The van der Waals surface area contributed by atoms with Crippen LogP contribution in [0.1, 0.15) is 95.6 Å². The van der Waals surface area contributed by atoms with Crippen molar-refractivity contribution in [2.24, 2.45) is 23.7 Å². The van der Waals surface area contributed by atoms with Crippen LogP contribution in [0.4, 0.5) is 0 Å². The fourth-order valence-electron chi connectivity index (χ4n) is 6.44. The second kappa shape index (κ2) is 11.0. The van der Waals surface area contributed by atoms with Crippen molar-refractivity contribution in [3.8, 4) is 5.75 Å². The predicted molar refractivity (Wildman–Crippen MR) is 125 cm³/mol. The first kappa shape index (κ1) is 22.2. The minimum absolute atomic E-state index is 0.560. The summed E-state index contributed by atoms with van der Waals surface area (Å²) in [6.45, 7) is 6.31. The van der Waals surface area contributed by atoms with Gasteiger partial charge in [-0.25, -0.2) is 0 Å². The number of rotatable bonds is 9. The van der Waals surface area contributed by atoms with Gasteiger partial charge in [-0.3, -0.25) is 0 Å². The van der Waals surface area contributed by atoms with Crippen LogP contribution in [0.5, 0.6) is 5.75 Å². The van der Waals surface area contributed by atoms with Crippen molar-refractivity contribution in [2.45, 2.75) is 103 Å². The first-order valence-corrected chi connectivity index (χ1v) is 13.1. The Morgan fingerprint density at radius 2 is 1.50 bits per heavy atom. The fraction of sp³-hybridized carbons (Fsp3) is 0.786. The third-order valence-electron chi connectivity index (χ3n) is 8.33. The largest absolute Gasteiger partial charge is 0.494 e. The van der Waals surface area contributed by atoms with Gasteiger partial charge in [0, 0.05) is 6.61 Å². The number of hydrogen-bond donors (Lipinski definition) is 0. The van der Waals surface area contributed by atoms with Crippen molar-refractivity contribution >= 4 is 0 Å². The highest BCUT2D eigenvalue weighted by molar-refractivity contribution is 5.37. The van der Waals surface area contributed by atoms with E-state index in [9.17, 15) is 0 Å². The van der Waals surface area contributed by atoms with Crippen LogP contribution in [-0.2, 0) is 17.6 Å². The molecule has 168 valence electrons. The van der Waals surface area contributed by atoms with E-state index in [2.05, 4.69) is 32.0 Å². The molecule has 0 heterocycles. The van der Waals surface area contributed by atoms with Crippen LogP contribution in [0.2, 0.25) is 0 Å². The summed E-state index contributed by atoms with van der Waals surface area (Å²) >= 11 is 0. The average molecular weight is 413 g/mol. The molecule has 0 spiro atoms. The van der Waals surface area contributed by atoms with Crippen molar-refractivity contribution < 1.29 is 9.47 Å². The van der Waals surface area contributed by atoms with Gasteiger partial charge in [0.25, 0.3) is 0 Å². The van der Waals surface area contributed by atoms with Crippen LogP contribution in [-0.4, -0.2) is 19.3 Å². The topological polar surface area (TPSA) is 18.5 Å². The molecule has 0 radical (unpaired) electrons. The molecule has 0 bridgehead atoms. The van der Waals surface area contributed by atoms with Crippen LogP contribution < -0.4 is 4.74 Å². The molecule has 0 amide bonds. The van der Waals surface area contributed by atoms with E-state index < -0.39 is 0 Å². The van der Waals surface area contributed by atoms with Crippen LogP contribution in [0.15, 0.2) is 18.2 Å². The first-order valence-electron chi connectivity index (χ1n) is 13.1. The minimum Gasteiger partial charge on any atom is -0.494 e. The van der Waals surface area contributed by atoms with E-state index in [-0.39, 0.29) is 0 Å². The summed E-state index contributed by atoms with van der Waals surface area (Å²) in [4.78, 5) is 0. The number of hydrogen-bond acceptors (Lipinski definition) is 2. The molecule has 3 unspecified atom stereocenters. The van der Waals surface area contributed by atoms with Gasteiger partial charge in [0.15, 0.2) is 0 Å². The monoisotopic (exact) mass is 412 g/mol. The Hall–Kier alpha value is -1.02. The molecule has 5 atom stereocenters. The Kier molecular flexibility index (Phi) is 8.15. The Morgan fingerprint density at radius 3 is 2.33 bits per heavy atom. The number of unbranched alkanes of at least 4 members (excludes halogenated alkanes) is 2. The van der Waals surface area contributed by atoms with Gasteiger partial charge in [-0.2, -0.15) is 0 Å². The molecule has 0 aliphatic heterocycles. The maximum Gasteiger partial charge on any atom is 0.119 e. The Bertz CT molecular complexity index is 654. The molecule has 4 rings (SSSR count). The molecule has 0 saturated heterocycles. The Labute approximate surface area is 185 Å². The summed E-state index contributed by atoms with van der Waals surface area (Å²) in [7, 11) is 0. The number of aryl methyl sites for hydroxylation is 1. The van der Waals surface area contributed by atoms with Gasteiger partial charge in [0.05, 0.1) is 12.7 Å². The van der Waals surface area contributed by atoms with Crippen LogP contribution in [0.3, 0.4) is 0 Å². The third-order valence-corrected chi connectivity index (χ3v) is 8.33. The van der Waals surface area contributed by atoms with E-state index in [4.69, 9.17) is 9.47 Å². The normalized spacial score (nSPS) is 31.1. The van der Waals surface area contributed by atoms with Crippen molar-refractivity contribution in [3.63, 3.8) is 0 Å². The lowest BCUT2D eigenvalue weighted by Crippen LogP contribution is -2.37. The maximum atomic E-state index is 6.18. The lowest BCUT2D eigenvalue weighted by Gasteiger charge is -2.45. The SMILES string of the molecule is CCCCOc1ccc2c(c1)CCC(C1CCC3C[C@H](OCCCC)CC[C@@H]3C1)C2. The van der Waals surface area contributed by atoms with Gasteiger partial charge < -0.3 is 9.47 Å². The van der Waals surface area contributed by atoms with Gasteiger partial charge in [0.1, 0.15) is 5.75 Å². The summed E-state index contributed by atoms with van der Waals surface area (Å²) in [5.74, 6) is 4.87.